The third kappa shape index (κ3) is 3.42. The quantitative estimate of drug-likeness (QED) is 0.528. The number of rotatable bonds is 4. The molecule has 0 spiro atoms. The number of fused-ring (bicyclic) bond motifs is 1. The van der Waals surface area contributed by atoms with Crippen LogP contribution in [-0.2, 0) is 0 Å². The highest BCUT2D eigenvalue weighted by atomic mass is 35.5. The summed E-state index contributed by atoms with van der Waals surface area (Å²) >= 11 is 7.26. The van der Waals surface area contributed by atoms with Gasteiger partial charge in [0.1, 0.15) is 10.7 Å². The summed E-state index contributed by atoms with van der Waals surface area (Å²) in [6, 6.07) is 9.02. The summed E-state index contributed by atoms with van der Waals surface area (Å²) in [7, 11) is 1.43. The van der Waals surface area contributed by atoms with Gasteiger partial charge in [0.15, 0.2) is 11.5 Å². The predicted molar refractivity (Wildman–Crippen MR) is 96.5 cm³/mol. The average molecular weight is 379 g/mol. The minimum Gasteiger partial charge on any atom is -0.504 e. The normalized spacial score (nSPS) is 11.2. The number of carbonyl (C=O) groups excluding carboxylic acids is 1. The summed E-state index contributed by atoms with van der Waals surface area (Å²) in [5.41, 5.74) is 2.72. The van der Waals surface area contributed by atoms with Gasteiger partial charge in [0.05, 0.1) is 18.3 Å². The molecule has 0 bridgehead atoms. The first kappa shape index (κ1) is 17.2. The minimum absolute atomic E-state index is 0.0848. The summed E-state index contributed by atoms with van der Waals surface area (Å²) in [5.74, 6) is -0.711. The molecule has 0 fully saturated rings. The van der Waals surface area contributed by atoms with Crippen LogP contribution in [-0.4, -0.2) is 24.3 Å². The molecule has 2 aromatic carbocycles. The Kier molecular flexibility index (Phi) is 4.87. The van der Waals surface area contributed by atoms with Crippen LogP contribution in [0.1, 0.15) is 15.2 Å². The maximum absolute atomic E-state index is 13.3. The molecule has 0 unspecified atom stereocenters. The Bertz CT molecular complexity index is 987. The lowest BCUT2D eigenvalue weighted by Crippen LogP contribution is -2.16. The van der Waals surface area contributed by atoms with Gasteiger partial charge in [0, 0.05) is 15.6 Å². The van der Waals surface area contributed by atoms with Crippen molar-refractivity contribution in [1.82, 2.24) is 5.43 Å². The molecule has 0 radical (unpaired) electrons. The van der Waals surface area contributed by atoms with E-state index in [0.29, 0.717) is 21.4 Å². The molecular weight excluding hydrogens is 367 g/mol. The van der Waals surface area contributed by atoms with Gasteiger partial charge in [0.2, 0.25) is 0 Å². The third-order valence-corrected chi connectivity index (χ3v) is 5.07. The number of hydrazone groups is 1. The van der Waals surface area contributed by atoms with Crippen LogP contribution in [0.25, 0.3) is 10.1 Å². The van der Waals surface area contributed by atoms with Gasteiger partial charge in [-0.15, -0.1) is 11.3 Å². The van der Waals surface area contributed by atoms with Gasteiger partial charge in [-0.25, -0.2) is 9.82 Å². The van der Waals surface area contributed by atoms with Crippen LogP contribution in [0.4, 0.5) is 4.39 Å². The molecule has 3 rings (SSSR count). The van der Waals surface area contributed by atoms with E-state index < -0.39 is 11.7 Å². The van der Waals surface area contributed by atoms with E-state index in [1.54, 1.807) is 18.2 Å². The summed E-state index contributed by atoms with van der Waals surface area (Å²) in [5, 5.41) is 14.6. The van der Waals surface area contributed by atoms with Crippen LogP contribution in [0.2, 0.25) is 5.02 Å². The van der Waals surface area contributed by atoms with Crippen molar-refractivity contribution >= 4 is 45.1 Å². The van der Waals surface area contributed by atoms with Crippen LogP contribution >= 0.6 is 22.9 Å². The van der Waals surface area contributed by atoms with Gasteiger partial charge < -0.3 is 9.84 Å². The molecule has 3 aromatic rings. The standard InChI is InChI=1S/C17H12ClFN2O3S/c1-24-12-4-2-3-9(15(12)22)8-20-21-17(23)16-14(18)11-6-5-10(19)7-13(11)25-16/h2-8,22H,1H3,(H,21,23)/b20-8+. The number of amides is 1. The summed E-state index contributed by atoms with van der Waals surface area (Å²) in [6.45, 7) is 0. The average Bonchev–Trinajstić information content (AvgIpc) is 2.92. The van der Waals surface area contributed by atoms with Gasteiger partial charge in [-0.05, 0) is 30.3 Å². The summed E-state index contributed by atoms with van der Waals surface area (Å²) < 4.78 is 18.8. The Morgan fingerprint density at radius 1 is 1.40 bits per heavy atom. The van der Waals surface area contributed by atoms with E-state index in [0.717, 1.165) is 11.3 Å². The number of nitrogens with one attached hydrogen (secondary N) is 1. The number of phenolic OH excluding ortho intramolecular Hbond substituents is 1. The van der Waals surface area contributed by atoms with Crippen molar-refractivity contribution in [3.8, 4) is 11.5 Å². The lowest BCUT2D eigenvalue weighted by atomic mass is 10.2. The minimum atomic E-state index is -0.523. The van der Waals surface area contributed by atoms with Crippen molar-refractivity contribution in [2.45, 2.75) is 0 Å². The number of phenols is 1. The van der Waals surface area contributed by atoms with Gasteiger partial charge in [-0.2, -0.15) is 5.10 Å². The van der Waals surface area contributed by atoms with Crippen LogP contribution in [0, 0.1) is 5.82 Å². The van der Waals surface area contributed by atoms with Crippen molar-refractivity contribution < 1.29 is 19.0 Å². The Morgan fingerprint density at radius 3 is 2.96 bits per heavy atom. The van der Waals surface area contributed by atoms with Gasteiger partial charge in [-0.3, -0.25) is 4.79 Å². The Hall–Kier alpha value is -2.64. The number of hydrogen-bond donors (Lipinski definition) is 2. The molecule has 0 saturated carbocycles. The lowest BCUT2D eigenvalue weighted by molar-refractivity contribution is 0.0959. The fourth-order valence-corrected chi connectivity index (χ4v) is 3.64. The molecule has 0 saturated heterocycles. The molecule has 2 N–H and O–H groups in total. The topological polar surface area (TPSA) is 70.9 Å². The molecular formula is C17H12ClFN2O3S. The van der Waals surface area contributed by atoms with Gasteiger partial charge >= 0.3 is 0 Å². The second-order valence-electron chi connectivity index (χ2n) is 4.98. The number of ether oxygens (including phenoxy) is 1. The fraction of sp³-hybridized carbons (Fsp3) is 0.0588. The van der Waals surface area contributed by atoms with E-state index in [4.69, 9.17) is 16.3 Å². The number of aromatic hydroxyl groups is 1. The van der Waals surface area contributed by atoms with E-state index in [9.17, 15) is 14.3 Å². The molecule has 1 aromatic heterocycles. The molecule has 0 atom stereocenters. The first-order valence-electron chi connectivity index (χ1n) is 7.08. The third-order valence-electron chi connectivity index (χ3n) is 3.42. The Labute approximate surface area is 151 Å². The highest BCUT2D eigenvalue weighted by molar-refractivity contribution is 7.21. The van der Waals surface area contributed by atoms with Crippen LogP contribution in [0.5, 0.6) is 11.5 Å². The van der Waals surface area contributed by atoms with Crippen molar-refractivity contribution in [3.05, 3.63) is 57.7 Å². The monoisotopic (exact) mass is 378 g/mol. The fourth-order valence-electron chi connectivity index (χ4n) is 2.20. The van der Waals surface area contributed by atoms with E-state index in [1.807, 2.05) is 0 Å². The predicted octanol–water partition coefficient (Wildman–Crippen LogP) is 4.17. The second-order valence-corrected chi connectivity index (χ2v) is 6.41. The first-order chi connectivity index (χ1) is 12.0. The number of carbonyl (C=O) groups is 1. The summed E-state index contributed by atoms with van der Waals surface area (Å²) in [4.78, 5) is 12.5. The first-order valence-corrected chi connectivity index (χ1v) is 8.27. The van der Waals surface area contributed by atoms with Gasteiger partial charge in [-0.1, -0.05) is 17.7 Å². The SMILES string of the molecule is COc1cccc(/C=N/NC(=O)c2sc3cc(F)ccc3c2Cl)c1O. The molecule has 1 heterocycles. The van der Waals surface area contributed by atoms with Crippen LogP contribution in [0.15, 0.2) is 41.5 Å². The Morgan fingerprint density at radius 2 is 2.20 bits per heavy atom. The lowest BCUT2D eigenvalue weighted by Gasteiger charge is -2.04. The van der Waals surface area contributed by atoms with Crippen LogP contribution in [0.3, 0.4) is 0 Å². The maximum atomic E-state index is 13.3. The number of para-hydroxylation sites is 1. The van der Waals surface area contributed by atoms with Crippen molar-refractivity contribution in [3.63, 3.8) is 0 Å². The van der Waals surface area contributed by atoms with Crippen molar-refractivity contribution in [2.75, 3.05) is 7.11 Å². The molecule has 128 valence electrons. The molecule has 25 heavy (non-hydrogen) atoms. The second kappa shape index (κ2) is 7.08. The molecule has 1 amide bonds. The Balaban J connectivity index is 1.80. The van der Waals surface area contributed by atoms with E-state index in [-0.39, 0.29) is 15.6 Å². The molecule has 0 aliphatic rings. The number of benzene rings is 2. The van der Waals surface area contributed by atoms with Crippen molar-refractivity contribution in [1.29, 1.82) is 0 Å². The maximum Gasteiger partial charge on any atom is 0.283 e. The number of nitrogens with zero attached hydrogens (tertiary/aromatic N) is 1. The van der Waals surface area contributed by atoms with Crippen molar-refractivity contribution in [2.24, 2.45) is 5.10 Å². The number of methoxy groups -OCH3 is 1. The molecule has 0 aliphatic heterocycles. The smallest absolute Gasteiger partial charge is 0.283 e. The largest absolute Gasteiger partial charge is 0.504 e. The zero-order valence-corrected chi connectivity index (χ0v) is 14.5. The molecule has 5 nitrogen and oxygen atoms in total. The van der Waals surface area contributed by atoms with Gasteiger partial charge in [0.25, 0.3) is 5.91 Å². The zero-order chi connectivity index (χ0) is 18.0. The highest BCUT2D eigenvalue weighted by Gasteiger charge is 2.17. The highest BCUT2D eigenvalue weighted by Crippen LogP contribution is 2.35. The number of hydrogen-bond acceptors (Lipinski definition) is 5. The van der Waals surface area contributed by atoms with Crippen LogP contribution < -0.4 is 10.2 Å². The van der Waals surface area contributed by atoms with E-state index in [1.165, 1.54) is 31.5 Å². The van der Waals surface area contributed by atoms with E-state index >= 15 is 0 Å². The molecule has 8 heteroatoms. The number of halogens is 2. The summed E-state index contributed by atoms with van der Waals surface area (Å²) in [6.07, 6.45) is 1.29. The number of thiophene rings is 1. The zero-order valence-electron chi connectivity index (χ0n) is 12.9. The van der Waals surface area contributed by atoms with E-state index in [2.05, 4.69) is 10.5 Å². The molecule has 0 aliphatic carbocycles.